The third-order valence-corrected chi connectivity index (χ3v) is 4.96. The zero-order chi connectivity index (χ0) is 18.9. The Morgan fingerprint density at radius 1 is 1.08 bits per heavy atom. The normalized spacial score (nSPS) is 11.6. The van der Waals surface area contributed by atoms with Crippen LogP contribution in [0.2, 0.25) is 0 Å². The van der Waals surface area contributed by atoms with Crippen molar-refractivity contribution in [3.05, 3.63) is 65.2 Å². The molecule has 0 saturated heterocycles. The van der Waals surface area contributed by atoms with Gasteiger partial charge < -0.3 is 14.6 Å². The van der Waals surface area contributed by atoms with Gasteiger partial charge in [0.25, 0.3) is 0 Å². The Kier molecular flexibility index (Phi) is 7.35. The van der Waals surface area contributed by atoms with Crippen molar-refractivity contribution in [3.8, 4) is 5.75 Å². The zero-order valence-electron chi connectivity index (χ0n) is 14.3. The van der Waals surface area contributed by atoms with Gasteiger partial charge in [-0.1, -0.05) is 12.1 Å². The molecule has 2 aromatic carbocycles. The molecule has 0 aromatic heterocycles. The van der Waals surface area contributed by atoms with Crippen LogP contribution in [0.1, 0.15) is 32.7 Å². The molecule has 2 aromatic rings. The van der Waals surface area contributed by atoms with Crippen LogP contribution in [0.15, 0.2) is 48.5 Å². The number of carbonyl (C=O) groups is 2. The van der Waals surface area contributed by atoms with Gasteiger partial charge in [-0.2, -0.15) is 0 Å². The Labute approximate surface area is 154 Å². The molecule has 0 bridgehead atoms. The van der Waals surface area contributed by atoms with Crippen molar-refractivity contribution < 1.29 is 28.4 Å². The molecule has 0 radical (unpaired) electrons. The quantitative estimate of drug-likeness (QED) is 0.535. The third-order valence-electron chi connectivity index (χ3n) is 3.56. The summed E-state index contributed by atoms with van der Waals surface area (Å²) in [4.78, 5) is 22.3. The van der Waals surface area contributed by atoms with Crippen LogP contribution in [-0.2, 0) is 21.3 Å². The van der Waals surface area contributed by atoms with Gasteiger partial charge in [0, 0.05) is 22.3 Å². The van der Waals surface area contributed by atoms with Gasteiger partial charge in [-0.3, -0.25) is 4.21 Å². The van der Waals surface area contributed by atoms with Gasteiger partial charge in [0.15, 0.2) is 0 Å². The van der Waals surface area contributed by atoms with Gasteiger partial charge in [0.1, 0.15) is 5.75 Å². The average molecular weight is 376 g/mol. The summed E-state index contributed by atoms with van der Waals surface area (Å²) in [5.41, 5.74) is 1.38. The summed E-state index contributed by atoms with van der Waals surface area (Å²) in [5, 5.41) is 8.97. The van der Waals surface area contributed by atoms with Gasteiger partial charge in [-0.25, -0.2) is 9.59 Å². The molecule has 7 heteroatoms. The first kappa shape index (κ1) is 19.7. The van der Waals surface area contributed by atoms with Crippen LogP contribution in [0.3, 0.4) is 0 Å². The molecule has 6 nitrogen and oxygen atoms in total. The highest BCUT2D eigenvalue weighted by Crippen LogP contribution is 2.13. The summed E-state index contributed by atoms with van der Waals surface area (Å²) in [5.74, 6) is -0.00675. The van der Waals surface area contributed by atoms with E-state index in [-0.39, 0.29) is 5.56 Å². The van der Waals surface area contributed by atoms with E-state index in [0.29, 0.717) is 35.8 Å². The van der Waals surface area contributed by atoms with Crippen molar-refractivity contribution in [2.75, 3.05) is 19.5 Å². The highest BCUT2D eigenvalue weighted by Gasteiger charge is 2.07. The minimum absolute atomic E-state index is 0.193. The number of carbonyl (C=O) groups excluding carboxylic acids is 1. The van der Waals surface area contributed by atoms with Crippen molar-refractivity contribution in [1.29, 1.82) is 0 Å². The molecule has 0 aliphatic carbocycles. The number of rotatable bonds is 9. The largest absolute Gasteiger partial charge is 0.494 e. The molecule has 0 spiro atoms. The Bertz CT molecular complexity index is 785. The van der Waals surface area contributed by atoms with Crippen LogP contribution >= 0.6 is 0 Å². The molecule has 0 aliphatic heterocycles. The maximum absolute atomic E-state index is 12.1. The Balaban J connectivity index is 1.74. The third kappa shape index (κ3) is 6.00. The maximum atomic E-state index is 12.1. The van der Waals surface area contributed by atoms with E-state index in [2.05, 4.69) is 4.74 Å². The van der Waals surface area contributed by atoms with Crippen molar-refractivity contribution in [2.45, 2.75) is 12.2 Å². The van der Waals surface area contributed by atoms with Crippen LogP contribution in [-0.4, -0.2) is 40.7 Å². The van der Waals surface area contributed by atoms with Gasteiger partial charge in [0.2, 0.25) is 0 Å². The van der Waals surface area contributed by atoms with E-state index in [9.17, 15) is 13.8 Å². The number of carboxylic acid groups (broad SMARTS) is 1. The van der Waals surface area contributed by atoms with Crippen LogP contribution in [0.4, 0.5) is 0 Å². The molecule has 0 heterocycles. The second kappa shape index (κ2) is 9.72. The van der Waals surface area contributed by atoms with Gasteiger partial charge >= 0.3 is 11.9 Å². The standard InChI is InChI=1S/C19H20O6S/c1-24-19(22)15-6-8-17(9-7-15)25-10-3-11-26(23)13-14-4-2-5-16(12-14)18(20)21/h2,4-9,12H,3,10-11,13H2,1H3,(H,20,21). The Morgan fingerprint density at radius 3 is 2.46 bits per heavy atom. The van der Waals surface area contributed by atoms with Crippen molar-refractivity contribution in [2.24, 2.45) is 0 Å². The second-order valence-corrected chi connectivity index (χ2v) is 7.09. The van der Waals surface area contributed by atoms with Gasteiger partial charge in [0.05, 0.1) is 24.8 Å². The molecular weight excluding hydrogens is 356 g/mol. The molecule has 0 fully saturated rings. The van der Waals surface area contributed by atoms with Crippen LogP contribution < -0.4 is 4.74 Å². The summed E-state index contributed by atoms with van der Waals surface area (Å²) >= 11 is 0. The fourth-order valence-corrected chi connectivity index (χ4v) is 3.40. The number of methoxy groups -OCH3 is 1. The van der Waals surface area contributed by atoms with Crippen LogP contribution in [0.25, 0.3) is 0 Å². The number of ether oxygens (including phenoxy) is 2. The number of hydrogen-bond donors (Lipinski definition) is 1. The number of benzene rings is 2. The van der Waals surface area contributed by atoms with Crippen molar-refractivity contribution >= 4 is 22.7 Å². The summed E-state index contributed by atoms with van der Waals surface area (Å²) in [6.45, 7) is 0.401. The minimum atomic E-state index is -1.10. The van der Waals surface area contributed by atoms with E-state index in [4.69, 9.17) is 9.84 Å². The lowest BCUT2D eigenvalue weighted by Crippen LogP contribution is -2.07. The number of esters is 1. The van der Waals surface area contributed by atoms with Gasteiger partial charge in [-0.15, -0.1) is 0 Å². The van der Waals surface area contributed by atoms with Gasteiger partial charge in [-0.05, 0) is 48.4 Å². The molecule has 138 valence electrons. The smallest absolute Gasteiger partial charge is 0.337 e. The molecule has 26 heavy (non-hydrogen) atoms. The first-order valence-corrected chi connectivity index (χ1v) is 9.47. The predicted octanol–water partition coefficient (Wildman–Crippen LogP) is 2.89. The maximum Gasteiger partial charge on any atom is 0.337 e. The first-order valence-electron chi connectivity index (χ1n) is 7.98. The number of hydrogen-bond acceptors (Lipinski definition) is 5. The summed E-state index contributed by atoms with van der Waals surface area (Å²) < 4.78 is 22.3. The van der Waals surface area contributed by atoms with E-state index >= 15 is 0 Å². The molecule has 1 unspecified atom stereocenters. The first-order chi connectivity index (χ1) is 12.5. The summed E-state index contributed by atoms with van der Waals surface area (Å²) in [6.07, 6.45) is 0.601. The fourth-order valence-electron chi connectivity index (χ4n) is 2.27. The topological polar surface area (TPSA) is 89.9 Å². The van der Waals surface area contributed by atoms with E-state index in [0.717, 1.165) is 5.56 Å². The SMILES string of the molecule is COC(=O)c1ccc(OCCCS(=O)Cc2cccc(C(=O)O)c2)cc1. The van der Waals surface area contributed by atoms with E-state index < -0.39 is 22.7 Å². The van der Waals surface area contributed by atoms with E-state index in [1.807, 2.05) is 0 Å². The summed E-state index contributed by atoms with van der Waals surface area (Å²) in [6, 6.07) is 13.1. The molecular formula is C19H20O6S. The fraction of sp³-hybridized carbons (Fsp3) is 0.263. The van der Waals surface area contributed by atoms with E-state index in [1.54, 1.807) is 42.5 Å². The Hall–Kier alpha value is -2.67. The number of aromatic carboxylic acids is 1. The van der Waals surface area contributed by atoms with Crippen LogP contribution in [0.5, 0.6) is 5.75 Å². The predicted molar refractivity (Wildman–Crippen MR) is 98.0 cm³/mol. The average Bonchev–Trinajstić information content (AvgIpc) is 2.65. The lowest BCUT2D eigenvalue weighted by Gasteiger charge is -2.07. The minimum Gasteiger partial charge on any atom is -0.494 e. The molecule has 1 atom stereocenters. The summed E-state index contributed by atoms with van der Waals surface area (Å²) in [7, 11) is 0.229. The highest BCUT2D eigenvalue weighted by atomic mass is 32.2. The molecule has 0 saturated carbocycles. The molecule has 0 amide bonds. The van der Waals surface area contributed by atoms with Crippen molar-refractivity contribution in [1.82, 2.24) is 0 Å². The lowest BCUT2D eigenvalue weighted by atomic mass is 10.1. The van der Waals surface area contributed by atoms with Crippen LogP contribution in [0, 0.1) is 0 Å². The molecule has 2 rings (SSSR count). The zero-order valence-corrected chi connectivity index (χ0v) is 15.2. The molecule has 1 N–H and O–H groups in total. The second-order valence-electron chi connectivity index (χ2n) is 5.51. The highest BCUT2D eigenvalue weighted by molar-refractivity contribution is 7.84. The molecule has 0 aliphatic rings. The lowest BCUT2D eigenvalue weighted by molar-refractivity contribution is 0.0599. The van der Waals surface area contributed by atoms with Crippen molar-refractivity contribution in [3.63, 3.8) is 0 Å². The van der Waals surface area contributed by atoms with E-state index in [1.165, 1.54) is 13.2 Å². The monoisotopic (exact) mass is 376 g/mol. The Morgan fingerprint density at radius 2 is 1.81 bits per heavy atom. The number of carboxylic acids is 1.